The zero-order chi connectivity index (χ0) is 47.7. The van der Waals surface area contributed by atoms with E-state index in [1.807, 2.05) is 57.6 Å². The molecule has 0 radical (unpaired) electrons. The summed E-state index contributed by atoms with van der Waals surface area (Å²) in [5.41, 5.74) is 0. The zero-order valence-electron chi connectivity index (χ0n) is 42.2. The van der Waals surface area contributed by atoms with Crippen molar-refractivity contribution in [3.8, 4) is 0 Å². The molecule has 0 aliphatic heterocycles. The lowest BCUT2D eigenvalue weighted by Gasteiger charge is -2.31. The fraction of sp³-hybridized carbons (Fsp3) is 0.667. The second kappa shape index (κ2) is 46.8. The third-order valence-electron chi connectivity index (χ3n) is 11.1. The minimum absolute atomic E-state index is 0.0471. The van der Waals surface area contributed by atoms with Gasteiger partial charge in [-0.05, 0) is 64.2 Å². The normalized spacial score (nSPS) is 13.7. The van der Waals surface area contributed by atoms with Crippen molar-refractivity contribution in [1.82, 2.24) is 0 Å². The molecule has 2 unspecified atom stereocenters. The van der Waals surface area contributed by atoms with Crippen LogP contribution in [0.3, 0.4) is 0 Å². The summed E-state index contributed by atoms with van der Waals surface area (Å²) in [6.07, 6.45) is 63.1. The Kier molecular flexibility index (Phi) is 44.1. The number of allylic oxidation sites excluding steroid dienone is 16. The Hall–Kier alpha value is -3.75. The molecule has 2 atom stereocenters. The Morgan fingerprint density at radius 3 is 1.42 bits per heavy atom. The van der Waals surface area contributed by atoms with E-state index in [0.717, 1.165) is 83.5 Å². The molecular formula is C57H96NO7+. The average Bonchev–Trinajstić information content (AvgIpc) is 3.27. The number of carboxylic acid groups (broad SMARTS) is 1. The van der Waals surface area contributed by atoms with Gasteiger partial charge in [0, 0.05) is 19.3 Å². The number of likely N-dealkylation sites (N-methyl/N-ethyl adjacent to an activating group) is 1. The Bertz CT molecular complexity index is 1380. The number of carboxylic acids is 1. The molecule has 0 saturated heterocycles. The molecule has 0 saturated carbocycles. The van der Waals surface area contributed by atoms with Crippen molar-refractivity contribution in [1.29, 1.82) is 0 Å². The molecule has 0 rings (SSSR count). The Morgan fingerprint density at radius 1 is 0.492 bits per heavy atom. The Labute approximate surface area is 398 Å². The summed E-state index contributed by atoms with van der Waals surface area (Å²) in [5.74, 6) is -1.51. The summed E-state index contributed by atoms with van der Waals surface area (Å²) in [6.45, 7) is 4.51. The van der Waals surface area contributed by atoms with Crippen LogP contribution >= 0.6 is 0 Å². The standard InChI is InChI=1S/C57H95NO7/c1-6-8-10-12-14-16-18-20-22-24-26-27-28-29-30-32-34-36-38-40-42-44-46-48-56(60)65-53(51-63-50-49-54(57(61)62)58(3,4)5)52-64-55(59)47-45-43-41-39-37-35-33-31-25-23-21-19-17-15-13-11-9-7-2/h8,10-11,13-17,19-23,25,31,33,53-54H,6-7,9,12,18,24,26-30,32,34-52H2,1-5H3/p+1/b10-8+,13-11+,16-14+,17-15+,21-19+,22-20+,25-23+,33-31+. The predicted molar refractivity (Wildman–Crippen MR) is 275 cm³/mol. The topological polar surface area (TPSA) is 99.1 Å². The maximum absolute atomic E-state index is 12.8. The fourth-order valence-corrected chi connectivity index (χ4v) is 7.14. The minimum Gasteiger partial charge on any atom is -0.477 e. The predicted octanol–water partition coefficient (Wildman–Crippen LogP) is 15.0. The van der Waals surface area contributed by atoms with Gasteiger partial charge in [0.15, 0.2) is 12.1 Å². The van der Waals surface area contributed by atoms with Gasteiger partial charge in [0.25, 0.3) is 0 Å². The van der Waals surface area contributed by atoms with Crippen LogP contribution in [-0.4, -0.2) is 80.6 Å². The van der Waals surface area contributed by atoms with Gasteiger partial charge in [-0.2, -0.15) is 0 Å². The van der Waals surface area contributed by atoms with E-state index in [9.17, 15) is 19.5 Å². The Morgan fingerprint density at radius 2 is 0.923 bits per heavy atom. The van der Waals surface area contributed by atoms with Crippen molar-refractivity contribution in [2.45, 2.75) is 206 Å². The summed E-state index contributed by atoms with van der Waals surface area (Å²) >= 11 is 0. The molecule has 0 heterocycles. The number of carbonyl (C=O) groups is 3. The minimum atomic E-state index is -0.882. The number of quaternary nitrogens is 1. The van der Waals surface area contributed by atoms with E-state index in [1.54, 1.807) is 0 Å². The molecule has 0 bridgehead atoms. The number of esters is 2. The summed E-state index contributed by atoms with van der Waals surface area (Å²) in [4.78, 5) is 37.2. The highest BCUT2D eigenvalue weighted by Crippen LogP contribution is 2.15. The van der Waals surface area contributed by atoms with Gasteiger partial charge in [-0.15, -0.1) is 0 Å². The van der Waals surface area contributed by atoms with Crippen molar-refractivity contribution >= 4 is 17.9 Å². The third-order valence-corrected chi connectivity index (χ3v) is 11.1. The number of ether oxygens (including phenoxy) is 3. The van der Waals surface area contributed by atoms with Gasteiger partial charge >= 0.3 is 17.9 Å². The summed E-state index contributed by atoms with van der Waals surface area (Å²) < 4.78 is 17.3. The molecule has 0 aliphatic rings. The first-order valence-electron chi connectivity index (χ1n) is 25.8. The van der Waals surface area contributed by atoms with Gasteiger partial charge in [-0.3, -0.25) is 9.59 Å². The lowest BCUT2D eigenvalue weighted by molar-refractivity contribution is -0.887. The second-order valence-corrected chi connectivity index (χ2v) is 18.2. The smallest absolute Gasteiger partial charge is 0.362 e. The first-order chi connectivity index (χ1) is 31.6. The molecule has 370 valence electrons. The molecular weight excluding hydrogens is 811 g/mol. The molecule has 8 nitrogen and oxygen atoms in total. The van der Waals surface area contributed by atoms with Crippen molar-refractivity contribution < 1.29 is 38.2 Å². The van der Waals surface area contributed by atoms with E-state index in [4.69, 9.17) is 14.2 Å². The van der Waals surface area contributed by atoms with Crippen LogP contribution in [0.1, 0.15) is 194 Å². The molecule has 0 amide bonds. The molecule has 1 N–H and O–H groups in total. The SMILES string of the molecule is CC/C=C/C/C=C/C/C=C/CCCCCCCCCCCCCCCC(=O)OC(COCCC(C(=O)O)[N+](C)(C)C)COC(=O)CCCCCCC/C=C/C=C/C=C/C=C/C=C/CCC. The van der Waals surface area contributed by atoms with E-state index in [1.165, 1.54) is 77.0 Å². The average molecular weight is 907 g/mol. The van der Waals surface area contributed by atoms with E-state index in [0.29, 0.717) is 19.3 Å². The summed E-state index contributed by atoms with van der Waals surface area (Å²) in [7, 11) is 5.52. The van der Waals surface area contributed by atoms with E-state index < -0.39 is 18.1 Å². The van der Waals surface area contributed by atoms with Crippen LogP contribution in [0, 0.1) is 0 Å². The van der Waals surface area contributed by atoms with Crippen molar-refractivity contribution in [2.75, 3.05) is 41.0 Å². The number of unbranched alkanes of at least 4 members (excludes halogenated alkanes) is 19. The first kappa shape index (κ1) is 61.2. The quantitative estimate of drug-likeness (QED) is 0.0214. The molecule has 8 heteroatoms. The molecule has 65 heavy (non-hydrogen) atoms. The lowest BCUT2D eigenvalue weighted by Crippen LogP contribution is -2.50. The highest BCUT2D eigenvalue weighted by atomic mass is 16.6. The van der Waals surface area contributed by atoms with Crippen molar-refractivity contribution in [2.24, 2.45) is 0 Å². The Balaban J connectivity index is 4.28. The molecule has 0 fully saturated rings. The van der Waals surface area contributed by atoms with Crippen molar-refractivity contribution in [3.05, 3.63) is 97.2 Å². The highest BCUT2D eigenvalue weighted by molar-refractivity contribution is 5.72. The number of aliphatic carboxylic acids is 1. The molecule has 0 spiro atoms. The van der Waals surface area contributed by atoms with Crippen molar-refractivity contribution in [3.63, 3.8) is 0 Å². The second-order valence-electron chi connectivity index (χ2n) is 18.2. The molecule has 0 aromatic carbocycles. The largest absolute Gasteiger partial charge is 0.477 e. The number of hydrogen-bond donors (Lipinski definition) is 1. The van der Waals surface area contributed by atoms with Crippen LogP contribution in [0.25, 0.3) is 0 Å². The highest BCUT2D eigenvalue weighted by Gasteiger charge is 2.31. The van der Waals surface area contributed by atoms with E-state index >= 15 is 0 Å². The van der Waals surface area contributed by atoms with Crippen LogP contribution in [0.2, 0.25) is 0 Å². The van der Waals surface area contributed by atoms with Gasteiger partial charge < -0.3 is 23.8 Å². The maximum Gasteiger partial charge on any atom is 0.362 e. The first-order valence-corrected chi connectivity index (χ1v) is 25.8. The van der Waals surface area contributed by atoms with Crippen LogP contribution in [0.4, 0.5) is 0 Å². The van der Waals surface area contributed by atoms with Crippen LogP contribution in [0.5, 0.6) is 0 Å². The summed E-state index contributed by atoms with van der Waals surface area (Å²) in [5, 5.41) is 9.66. The van der Waals surface area contributed by atoms with Gasteiger partial charge in [0.1, 0.15) is 6.61 Å². The third kappa shape index (κ3) is 45.2. The molecule has 0 aromatic heterocycles. The van der Waals surface area contributed by atoms with Crippen LogP contribution in [0.15, 0.2) is 97.2 Å². The lowest BCUT2D eigenvalue weighted by atomic mass is 10.0. The van der Waals surface area contributed by atoms with Gasteiger partial charge in [0.05, 0.1) is 34.4 Å². The fourth-order valence-electron chi connectivity index (χ4n) is 7.14. The number of rotatable bonds is 45. The monoisotopic (exact) mass is 907 g/mol. The van der Waals surface area contributed by atoms with Gasteiger partial charge in [-0.1, -0.05) is 207 Å². The van der Waals surface area contributed by atoms with E-state index in [-0.39, 0.29) is 36.2 Å². The summed E-state index contributed by atoms with van der Waals surface area (Å²) in [6, 6.07) is -0.625. The number of nitrogens with zero attached hydrogens (tertiary/aromatic N) is 1. The maximum atomic E-state index is 12.8. The van der Waals surface area contributed by atoms with E-state index in [2.05, 4.69) is 74.6 Å². The van der Waals surface area contributed by atoms with Gasteiger partial charge in [-0.25, -0.2) is 4.79 Å². The number of hydrogen-bond acceptors (Lipinski definition) is 6. The molecule has 0 aliphatic carbocycles. The molecule has 0 aromatic rings. The zero-order valence-corrected chi connectivity index (χ0v) is 42.2. The van der Waals surface area contributed by atoms with Crippen LogP contribution < -0.4 is 0 Å². The van der Waals surface area contributed by atoms with Crippen LogP contribution in [-0.2, 0) is 28.6 Å². The number of carbonyl (C=O) groups excluding carboxylic acids is 2. The van der Waals surface area contributed by atoms with Gasteiger partial charge in [0.2, 0.25) is 0 Å².